The fourth-order valence-corrected chi connectivity index (χ4v) is 3.93. The summed E-state index contributed by atoms with van der Waals surface area (Å²) >= 11 is 5.00. The maximum absolute atomic E-state index is 12.6. The maximum atomic E-state index is 12.6. The quantitative estimate of drug-likeness (QED) is 0.755. The molecule has 0 unspecified atom stereocenters. The molecule has 98 valence electrons. The molecule has 1 amide bonds. The van der Waals surface area contributed by atoms with Crippen LogP contribution in [0.15, 0.2) is 34.1 Å². The van der Waals surface area contributed by atoms with E-state index < -0.39 is 0 Å². The highest BCUT2D eigenvalue weighted by Crippen LogP contribution is 2.32. The van der Waals surface area contributed by atoms with Crippen molar-refractivity contribution in [3.8, 4) is 0 Å². The van der Waals surface area contributed by atoms with Crippen molar-refractivity contribution in [3.63, 3.8) is 0 Å². The number of nitrogens with zero attached hydrogens (tertiary/aromatic N) is 1. The molecule has 0 fully saturated rings. The summed E-state index contributed by atoms with van der Waals surface area (Å²) in [5.41, 5.74) is 3.47. The summed E-state index contributed by atoms with van der Waals surface area (Å²) in [5, 5.41) is 0. The number of anilines is 1. The summed E-state index contributed by atoms with van der Waals surface area (Å²) in [4.78, 5) is 15.4. The molecule has 0 bridgehead atoms. The first-order valence-corrected chi connectivity index (χ1v) is 7.93. The van der Waals surface area contributed by atoms with Gasteiger partial charge in [0, 0.05) is 12.2 Å². The zero-order chi connectivity index (χ0) is 13.4. The van der Waals surface area contributed by atoms with Gasteiger partial charge in [-0.05, 0) is 59.0 Å². The predicted molar refractivity (Wildman–Crippen MR) is 83.2 cm³/mol. The van der Waals surface area contributed by atoms with Crippen LogP contribution in [0.25, 0.3) is 0 Å². The minimum absolute atomic E-state index is 0.117. The number of aryl methyl sites for hydroxylation is 2. The largest absolute Gasteiger partial charge is 0.307 e. The molecule has 3 rings (SSSR count). The minimum atomic E-state index is 0.117. The van der Waals surface area contributed by atoms with Crippen molar-refractivity contribution in [1.82, 2.24) is 0 Å². The molecule has 2 nitrogen and oxygen atoms in total. The Morgan fingerprint density at radius 1 is 1.37 bits per heavy atom. The molecule has 0 N–H and O–H groups in total. The number of fused-ring (bicyclic) bond motifs is 1. The topological polar surface area (TPSA) is 20.3 Å². The highest BCUT2D eigenvalue weighted by Gasteiger charge is 2.24. The molecule has 1 aromatic heterocycles. The van der Waals surface area contributed by atoms with Gasteiger partial charge in [-0.15, -0.1) is 11.3 Å². The SMILES string of the molecule is Cc1cc(C(=O)N2CCCc3ccccc32)sc1Br. The Kier molecular flexibility index (Phi) is 3.46. The van der Waals surface area contributed by atoms with Crippen LogP contribution in [-0.4, -0.2) is 12.5 Å². The molecule has 1 aliphatic rings. The number of carbonyl (C=O) groups is 1. The molecule has 2 heterocycles. The average molecular weight is 336 g/mol. The van der Waals surface area contributed by atoms with Crippen LogP contribution in [0.2, 0.25) is 0 Å². The van der Waals surface area contributed by atoms with Gasteiger partial charge in [-0.25, -0.2) is 0 Å². The smallest absolute Gasteiger partial charge is 0.268 e. The molecular weight excluding hydrogens is 322 g/mol. The van der Waals surface area contributed by atoms with Crippen LogP contribution in [0.5, 0.6) is 0 Å². The molecule has 1 aromatic carbocycles. The second-order valence-corrected chi connectivity index (χ2v) is 7.13. The van der Waals surface area contributed by atoms with E-state index in [4.69, 9.17) is 0 Å². The summed E-state index contributed by atoms with van der Waals surface area (Å²) in [6.07, 6.45) is 2.10. The van der Waals surface area contributed by atoms with E-state index in [9.17, 15) is 4.79 Å². The molecule has 0 spiro atoms. The van der Waals surface area contributed by atoms with Gasteiger partial charge in [-0.2, -0.15) is 0 Å². The number of hydrogen-bond donors (Lipinski definition) is 0. The van der Waals surface area contributed by atoms with Crippen molar-refractivity contribution in [3.05, 3.63) is 50.1 Å². The molecule has 0 aliphatic carbocycles. The monoisotopic (exact) mass is 335 g/mol. The van der Waals surface area contributed by atoms with Crippen LogP contribution in [0, 0.1) is 6.92 Å². The summed E-state index contributed by atoms with van der Waals surface area (Å²) < 4.78 is 1.04. The van der Waals surface area contributed by atoms with E-state index in [0.29, 0.717) is 0 Å². The predicted octanol–water partition coefficient (Wildman–Crippen LogP) is 4.41. The molecule has 0 saturated heterocycles. The molecule has 0 saturated carbocycles. The lowest BCUT2D eigenvalue weighted by molar-refractivity contribution is 0.0989. The first-order valence-electron chi connectivity index (χ1n) is 6.32. The summed E-state index contributed by atoms with van der Waals surface area (Å²) in [7, 11) is 0. The Morgan fingerprint density at radius 2 is 2.16 bits per heavy atom. The number of thiophene rings is 1. The molecule has 0 radical (unpaired) electrons. The summed E-state index contributed by atoms with van der Waals surface area (Å²) in [5.74, 6) is 0.117. The Labute approximate surface area is 125 Å². The van der Waals surface area contributed by atoms with Gasteiger partial charge in [0.25, 0.3) is 5.91 Å². The minimum Gasteiger partial charge on any atom is -0.307 e. The summed E-state index contributed by atoms with van der Waals surface area (Å²) in [6, 6.07) is 10.2. The Hall–Kier alpha value is -1.13. The highest BCUT2D eigenvalue weighted by atomic mass is 79.9. The van der Waals surface area contributed by atoms with Gasteiger partial charge < -0.3 is 4.90 Å². The van der Waals surface area contributed by atoms with Crippen LogP contribution in [0.3, 0.4) is 0 Å². The van der Waals surface area contributed by atoms with Crippen molar-refractivity contribution < 1.29 is 4.79 Å². The number of hydrogen-bond acceptors (Lipinski definition) is 2. The lowest BCUT2D eigenvalue weighted by atomic mass is 10.0. The van der Waals surface area contributed by atoms with Crippen molar-refractivity contribution in [2.24, 2.45) is 0 Å². The zero-order valence-electron chi connectivity index (χ0n) is 10.6. The standard InChI is InChI=1S/C15H14BrNOS/c1-10-9-13(19-14(10)16)15(18)17-8-4-6-11-5-2-3-7-12(11)17/h2-3,5,7,9H,4,6,8H2,1H3. The van der Waals surface area contributed by atoms with Gasteiger partial charge in [-0.1, -0.05) is 18.2 Å². The van der Waals surface area contributed by atoms with Gasteiger partial charge in [0.2, 0.25) is 0 Å². The Bertz CT molecular complexity index is 615. The van der Waals surface area contributed by atoms with E-state index >= 15 is 0 Å². The van der Waals surface area contributed by atoms with E-state index in [1.807, 2.05) is 36.1 Å². The second kappa shape index (κ2) is 5.10. The lowest BCUT2D eigenvalue weighted by Gasteiger charge is -2.29. The van der Waals surface area contributed by atoms with Crippen molar-refractivity contribution in [2.45, 2.75) is 19.8 Å². The van der Waals surface area contributed by atoms with Crippen molar-refractivity contribution in [1.29, 1.82) is 0 Å². The molecule has 4 heteroatoms. The van der Waals surface area contributed by atoms with Gasteiger partial charge in [0.1, 0.15) is 0 Å². The second-order valence-electron chi connectivity index (χ2n) is 4.76. The first-order chi connectivity index (χ1) is 9.16. The Morgan fingerprint density at radius 3 is 2.89 bits per heavy atom. The fraction of sp³-hybridized carbons (Fsp3) is 0.267. The van der Waals surface area contributed by atoms with E-state index in [-0.39, 0.29) is 5.91 Å². The van der Waals surface area contributed by atoms with Gasteiger partial charge in [0.05, 0.1) is 8.66 Å². The summed E-state index contributed by atoms with van der Waals surface area (Å²) in [6.45, 7) is 2.83. The molecule has 1 aliphatic heterocycles. The number of benzene rings is 1. The molecular formula is C15H14BrNOS. The van der Waals surface area contributed by atoms with E-state index in [0.717, 1.165) is 39.3 Å². The Balaban J connectivity index is 1.97. The molecule has 0 atom stereocenters. The average Bonchev–Trinajstić information content (AvgIpc) is 2.77. The number of amides is 1. The van der Waals surface area contributed by atoms with E-state index in [1.54, 1.807) is 0 Å². The third-order valence-electron chi connectivity index (χ3n) is 3.42. The van der Waals surface area contributed by atoms with Crippen LogP contribution in [0.1, 0.15) is 27.2 Å². The van der Waals surface area contributed by atoms with Crippen LogP contribution in [-0.2, 0) is 6.42 Å². The molecule has 19 heavy (non-hydrogen) atoms. The third-order valence-corrected chi connectivity index (χ3v) is 5.55. The van der Waals surface area contributed by atoms with Crippen LogP contribution < -0.4 is 4.90 Å². The number of carbonyl (C=O) groups excluding carboxylic acids is 1. The highest BCUT2D eigenvalue weighted by molar-refractivity contribution is 9.11. The maximum Gasteiger partial charge on any atom is 0.268 e. The lowest BCUT2D eigenvalue weighted by Crippen LogP contribution is -2.34. The first kappa shape index (κ1) is 12.9. The van der Waals surface area contributed by atoms with Crippen LogP contribution in [0.4, 0.5) is 5.69 Å². The van der Waals surface area contributed by atoms with Crippen molar-refractivity contribution in [2.75, 3.05) is 11.4 Å². The fourth-order valence-electron chi connectivity index (χ4n) is 2.44. The zero-order valence-corrected chi connectivity index (χ0v) is 13.1. The number of rotatable bonds is 1. The van der Waals surface area contributed by atoms with Gasteiger partial charge >= 0.3 is 0 Å². The van der Waals surface area contributed by atoms with Gasteiger partial charge in [0.15, 0.2) is 0 Å². The van der Waals surface area contributed by atoms with Crippen LogP contribution >= 0.6 is 27.3 Å². The van der Waals surface area contributed by atoms with Crippen molar-refractivity contribution >= 4 is 38.9 Å². The third kappa shape index (κ3) is 2.35. The molecule has 2 aromatic rings. The van der Waals surface area contributed by atoms with E-state index in [1.165, 1.54) is 16.9 Å². The van der Waals surface area contributed by atoms with Gasteiger partial charge in [-0.3, -0.25) is 4.79 Å². The van der Waals surface area contributed by atoms with E-state index in [2.05, 4.69) is 22.0 Å². The number of halogens is 1. The normalized spacial score (nSPS) is 14.3. The number of para-hydroxylation sites is 1.